The number of nitrogens with two attached hydrogens (primary N) is 1. The molecule has 0 aliphatic heterocycles. The minimum atomic E-state index is 0.249. The van der Waals surface area contributed by atoms with Crippen molar-refractivity contribution in [3.05, 3.63) is 0 Å². The highest BCUT2D eigenvalue weighted by atomic mass is 16.5. The molecule has 2 fully saturated rings. The van der Waals surface area contributed by atoms with Gasteiger partial charge >= 0.3 is 0 Å². The Morgan fingerprint density at radius 3 is 2.31 bits per heavy atom. The van der Waals surface area contributed by atoms with Crippen LogP contribution in [-0.4, -0.2) is 32.8 Å². The van der Waals surface area contributed by atoms with E-state index in [1.807, 2.05) is 0 Å². The molecule has 0 aromatic heterocycles. The van der Waals surface area contributed by atoms with Crippen LogP contribution in [0.25, 0.3) is 0 Å². The third kappa shape index (κ3) is 4.04. The van der Waals surface area contributed by atoms with Crippen LogP contribution in [0.15, 0.2) is 0 Å². The van der Waals surface area contributed by atoms with Gasteiger partial charge in [-0.1, -0.05) is 0 Å². The molecule has 1 atom stereocenters. The lowest BCUT2D eigenvalue weighted by atomic mass is 9.98. The van der Waals surface area contributed by atoms with Gasteiger partial charge in [0, 0.05) is 26.3 Å². The van der Waals surface area contributed by atoms with Crippen LogP contribution in [-0.2, 0) is 4.74 Å². The van der Waals surface area contributed by atoms with Crippen molar-refractivity contribution < 1.29 is 4.74 Å². The summed E-state index contributed by atoms with van der Waals surface area (Å²) in [4.78, 5) is 0. The fraction of sp³-hybridized carbons (Fsp3) is 1.00. The predicted molar refractivity (Wildman–Crippen MR) is 66.3 cm³/mol. The van der Waals surface area contributed by atoms with E-state index in [1.54, 1.807) is 7.11 Å². The first-order chi connectivity index (χ1) is 7.81. The first-order valence-electron chi connectivity index (χ1n) is 6.76. The number of methoxy groups -OCH3 is 1. The van der Waals surface area contributed by atoms with Gasteiger partial charge in [-0.15, -0.1) is 0 Å². The van der Waals surface area contributed by atoms with E-state index in [1.165, 1.54) is 32.2 Å². The van der Waals surface area contributed by atoms with Crippen molar-refractivity contribution >= 4 is 0 Å². The van der Waals surface area contributed by atoms with Gasteiger partial charge in [-0.25, -0.2) is 0 Å². The van der Waals surface area contributed by atoms with E-state index in [2.05, 4.69) is 5.32 Å². The van der Waals surface area contributed by atoms with E-state index in [0.29, 0.717) is 0 Å². The summed E-state index contributed by atoms with van der Waals surface area (Å²) < 4.78 is 5.03. The molecule has 0 aromatic carbocycles. The van der Waals surface area contributed by atoms with Crippen LogP contribution < -0.4 is 11.1 Å². The van der Waals surface area contributed by atoms with Crippen LogP contribution in [0.4, 0.5) is 0 Å². The first kappa shape index (κ1) is 12.3. The molecule has 0 amide bonds. The van der Waals surface area contributed by atoms with Gasteiger partial charge in [0.15, 0.2) is 0 Å². The lowest BCUT2D eigenvalue weighted by Gasteiger charge is -2.18. The van der Waals surface area contributed by atoms with Crippen molar-refractivity contribution in [1.82, 2.24) is 5.32 Å². The number of rotatable bonds is 9. The average molecular weight is 226 g/mol. The molecule has 3 heteroatoms. The van der Waals surface area contributed by atoms with E-state index in [4.69, 9.17) is 10.5 Å². The molecule has 3 nitrogen and oxygen atoms in total. The maximum absolute atomic E-state index is 5.99. The Balaban J connectivity index is 1.55. The summed E-state index contributed by atoms with van der Waals surface area (Å²) in [6.07, 6.45) is 6.84. The zero-order valence-corrected chi connectivity index (χ0v) is 10.5. The fourth-order valence-corrected chi connectivity index (χ4v) is 2.57. The third-order valence-corrected chi connectivity index (χ3v) is 3.93. The molecule has 2 rings (SSSR count). The van der Waals surface area contributed by atoms with Crippen LogP contribution in [0.3, 0.4) is 0 Å². The summed E-state index contributed by atoms with van der Waals surface area (Å²) in [5.74, 6) is 3.03. The number of hydrogen-bond acceptors (Lipinski definition) is 3. The Morgan fingerprint density at radius 1 is 1.19 bits per heavy atom. The van der Waals surface area contributed by atoms with Crippen molar-refractivity contribution in [2.75, 3.05) is 26.8 Å². The van der Waals surface area contributed by atoms with Crippen molar-refractivity contribution in [3.8, 4) is 0 Å². The predicted octanol–water partition coefficient (Wildman–Crippen LogP) is 1.38. The SMILES string of the molecule is COCCC(N)CNCC(C1CC1)C1CC1. The molecular formula is C13H26N2O. The average Bonchev–Trinajstić information content (AvgIpc) is 3.14. The van der Waals surface area contributed by atoms with Crippen molar-refractivity contribution in [3.63, 3.8) is 0 Å². The normalized spacial score (nSPS) is 22.7. The van der Waals surface area contributed by atoms with Gasteiger partial charge in [0.25, 0.3) is 0 Å². The highest BCUT2D eigenvalue weighted by Gasteiger charge is 2.40. The van der Waals surface area contributed by atoms with Gasteiger partial charge < -0.3 is 15.8 Å². The van der Waals surface area contributed by atoms with Gasteiger partial charge in [0.2, 0.25) is 0 Å². The minimum absolute atomic E-state index is 0.249. The van der Waals surface area contributed by atoms with E-state index >= 15 is 0 Å². The van der Waals surface area contributed by atoms with E-state index in [0.717, 1.165) is 37.3 Å². The number of nitrogens with one attached hydrogen (secondary N) is 1. The Labute approximate surface area is 99.1 Å². The van der Waals surface area contributed by atoms with E-state index in [9.17, 15) is 0 Å². The standard InChI is InChI=1S/C13H26N2O/c1-16-7-6-12(14)8-15-9-13(10-2-3-10)11-4-5-11/h10-13,15H,2-9,14H2,1H3. The summed E-state index contributed by atoms with van der Waals surface area (Å²) in [6, 6.07) is 0.249. The molecule has 0 spiro atoms. The Morgan fingerprint density at radius 2 is 1.81 bits per heavy atom. The molecule has 1 unspecified atom stereocenters. The van der Waals surface area contributed by atoms with Crippen LogP contribution in [0, 0.1) is 17.8 Å². The zero-order chi connectivity index (χ0) is 11.4. The molecule has 0 radical (unpaired) electrons. The third-order valence-electron chi connectivity index (χ3n) is 3.93. The highest BCUT2D eigenvalue weighted by molar-refractivity contribution is 4.92. The maximum atomic E-state index is 5.99. The molecule has 0 saturated heterocycles. The lowest BCUT2D eigenvalue weighted by molar-refractivity contribution is 0.187. The Hall–Kier alpha value is -0.120. The molecule has 0 bridgehead atoms. The van der Waals surface area contributed by atoms with Crippen molar-refractivity contribution in [2.24, 2.45) is 23.5 Å². The smallest absolute Gasteiger partial charge is 0.0477 e. The van der Waals surface area contributed by atoms with Gasteiger partial charge in [-0.05, 0) is 56.4 Å². The number of ether oxygens (including phenoxy) is 1. The monoisotopic (exact) mass is 226 g/mol. The summed E-state index contributed by atoms with van der Waals surface area (Å²) in [6.45, 7) is 2.91. The number of hydrogen-bond donors (Lipinski definition) is 2. The molecule has 94 valence electrons. The quantitative estimate of drug-likeness (QED) is 0.624. The minimum Gasteiger partial charge on any atom is -0.385 e. The fourth-order valence-electron chi connectivity index (χ4n) is 2.57. The zero-order valence-electron chi connectivity index (χ0n) is 10.5. The van der Waals surface area contributed by atoms with Gasteiger partial charge in [0.1, 0.15) is 0 Å². The van der Waals surface area contributed by atoms with Gasteiger partial charge in [0.05, 0.1) is 0 Å². The topological polar surface area (TPSA) is 47.3 Å². The summed E-state index contributed by atoms with van der Waals surface area (Å²) in [7, 11) is 1.73. The van der Waals surface area contributed by atoms with Crippen molar-refractivity contribution in [2.45, 2.75) is 38.1 Å². The van der Waals surface area contributed by atoms with Crippen LogP contribution in [0.2, 0.25) is 0 Å². The van der Waals surface area contributed by atoms with Crippen LogP contribution >= 0.6 is 0 Å². The van der Waals surface area contributed by atoms with E-state index in [-0.39, 0.29) is 6.04 Å². The molecule has 2 saturated carbocycles. The Bertz CT molecular complexity index is 190. The molecule has 2 aliphatic rings. The first-order valence-corrected chi connectivity index (χ1v) is 6.76. The van der Waals surface area contributed by atoms with Crippen LogP contribution in [0.1, 0.15) is 32.1 Å². The second kappa shape index (κ2) is 5.99. The highest BCUT2D eigenvalue weighted by Crippen LogP contribution is 2.48. The summed E-state index contributed by atoms with van der Waals surface area (Å²) >= 11 is 0. The largest absolute Gasteiger partial charge is 0.385 e. The molecule has 2 aliphatic carbocycles. The Kier molecular flexibility index (Phi) is 4.62. The molecular weight excluding hydrogens is 200 g/mol. The molecule has 0 heterocycles. The maximum Gasteiger partial charge on any atom is 0.0477 e. The molecule has 3 N–H and O–H groups in total. The summed E-state index contributed by atoms with van der Waals surface area (Å²) in [5, 5.41) is 3.56. The van der Waals surface area contributed by atoms with Crippen LogP contribution in [0.5, 0.6) is 0 Å². The van der Waals surface area contributed by atoms with Gasteiger partial charge in [-0.3, -0.25) is 0 Å². The second-order valence-corrected chi connectivity index (χ2v) is 5.54. The second-order valence-electron chi connectivity index (χ2n) is 5.54. The molecule has 0 aromatic rings. The van der Waals surface area contributed by atoms with Gasteiger partial charge in [-0.2, -0.15) is 0 Å². The summed E-state index contributed by atoms with van der Waals surface area (Å²) in [5.41, 5.74) is 5.99. The lowest BCUT2D eigenvalue weighted by Crippen LogP contribution is -2.37. The van der Waals surface area contributed by atoms with E-state index < -0.39 is 0 Å². The molecule has 16 heavy (non-hydrogen) atoms. The van der Waals surface area contributed by atoms with Crippen molar-refractivity contribution in [1.29, 1.82) is 0 Å².